The molecule has 0 aromatic carbocycles. The minimum Gasteiger partial charge on any atom is -0.292 e. The molecule has 5 nitrogen and oxygen atoms in total. The summed E-state index contributed by atoms with van der Waals surface area (Å²) in [6.07, 6.45) is 1.06. The molecule has 0 bridgehead atoms. The summed E-state index contributed by atoms with van der Waals surface area (Å²) in [4.78, 5) is 11.5. The quantitative estimate of drug-likeness (QED) is 0.638. The molecule has 0 aromatic rings. The van der Waals surface area contributed by atoms with E-state index in [-0.39, 0.29) is 19.1 Å². The Balaban J connectivity index is 4.60. The molecule has 0 aliphatic heterocycles. The zero-order valence-corrected chi connectivity index (χ0v) is 10.8. The minimum absolute atomic E-state index is 0.220. The molecule has 0 N–H and O–H groups in total. The summed E-state index contributed by atoms with van der Waals surface area (Å²) in [5, 5.41) is 0. The first kappa shape index (κ1) is 14.6. The van der Waals surface area contributed by atoms with Gasteiger partial charge in [-0.25, -0.2) is 4.57 Å². The first-order valence-electron chi connectivity index (χ1n) is 5.17. The fourth-order valence-corrected chi connectivity index (χ4v) is 2.50. The topological polar surface area (TPSA) is 55.8 Å². The summed E-state index contributed by atoms with van der Waals surface area (Å²) in [6.45, 7) is 5.81. The van der Waals surface area contributed by atoms with Crippen molar-refractivity contribution in [3.05, 3.63) is 0 Å². The Morgan fingerprint density at radius 3 is 2.00 bits per heavy atom. The molecule has 0 saturated heterocycles. The number of nitrogens with zero attached hydrogens (tertiary/aromatic N) is 1. The Bertz CT molecular complexity index is 234. The summed E-state index contributed by atoms with van der Waals surface area (Å²) in [5.74, 6) is -0.220. The lowest BCUT2D eigenvalue weighted by Gasteiger charge is -2.25. The van der Waals surface area contributed by atoms with Crippen LogP contribution in [-0.4, -0.2) is 30.8 Å². The lowest BCUT2D eigenvalue weighted by atomic mass is 10.3. The zero-order chi connectivity index (χ0) is 11.9. The second kappa shape index (κ2) is 6.99. The Morgan fingerprint density at radius 1 is 1.20 bits per heavy atom. The molecule has 1 amide bonds. The van der Waals surface area contributed by atoms with E-state index in [1.807, 2.05) is 6.92 Å². The van der Waals surface area contributed by atoms with Gasteiger partial charge in [0.15, 0.2) is 0 Å². The number of carbonyl (C=O) groups is 1. The van der Waals surface area contributed by atoms with Crippen molar-refractivity contribution < 1.29 is 18.4 Å². The van der Waals surface area contributed by atoms with Crippen LogP contribution in [-0.2, 0) is 18.4 Å². The van der Waals surface area contributed by atoms with Crippen LogP contribution in [0.1, 0.15) is 33.6 Å². The molecular weight excluding hydrogens is 217 g/mol. The van der Waals surface area contributed by atoms with Crippen molar-refractivity contribution >= 4 is 13.7 Å². The van der Waals surface area contributed by atoms with Gasteiger partial charge in [0.2, 0.25) is 5.91 Å². The SMILES string of the molecule is CCCC(=O)N(C)P(=O)(OCC)OCC. The maximum Gasteiger partial charge on any atom is 0.437 e. The van der Waals surface area contributed by atoms with Crippen molar-refractivity contribution in [3.8, 4) is 0 Å². The van der Waals surface area contributed by atoms with E-state index >= 15 is 0 Å². The van der Waals surface area contributed by atoms with E-state index in [0.717, 1.165) is 4.67 Å². The molecule has 0 atom stereocenters. The number of rotatable bonds is 7. The molecule has 0 saturated carbocycles. The molecule has 0 aliphatic rings. The highest BCUT2D eigenvalue weighted by molar-refractivity contribution is 7.52. The summed E-state index contributed by atoms with van der Waals surface area (Å²) in [7, 11) is -1.96. The van der Waals surface area contributed by atoms with E-state index in [4.69, 9.17) is 9.05 Å². The van der Waals surface area contributed by atoms with Crippen LogP contribution in [0.15, 0.2) is 0 Å². The normalized spacial score (nSPS) is 11.5. The molecule has 0 fully saturated rings. The number of amides is 1. The molecule has 0 aliphatic carbocycles. The molecule has 0 rings (SSSR count). The summed E-state index contributed by atoms with van der Waals surface area (Å²) in [6, 6.07) is 0. The summed E-state index contributed by atoms with van der Waals surface area (Å²) in [5.41, 5.74) is 0. The first-order valence-corrected chi connectivity index (χ1v) is 6.67. The van der Waals surface area contributed by atoms with Gasteiger partial charge >= 0.3 is 7.75 Å². The molecule has 0 heterocycles. The van der Waals surface area contributed by atoms with Crippen molar-refractivity contribution in [1.82, 2.24) is 4.67 Å². The lowest BCUT2D eigenvalue weighted by Crippen LogP contribution is -2.25. The fourth-order valence-electron chi connectivity index (χ4n) is 1.05. The predicted molar refractivity (Wildman–Crippen MR) is 58.5 cm³/mol. The van der Waals surface area contributed by atoms with Crippen LogP contribution in [0.4, 0.5) is 0 Å². The van der Waals surface area contributed by atoms with E-state index in [1.165, 1.54) is 7.05 Å². The van der Waals surface area contributed by atoms with E-state index < -0.39 is 7.75 Å². The third-order valence-electron chi connectivity index (χ3n) is 1.78. The molecule has 0 radical (unpaired) electrons. The second-order valence-corrected chi connectivity index (χ2v) is 5.02. The predicted octanol–water partition coefficient (Wildman–Crippen LogP) is 2.43. The van der Waals surface area contributed by atoms with Crippen molar-refractivity contribution in [2.45, 2.75) is 33.6 Å². The monoisotopic (exact) mass is 237 g/mol. The van der Waals surface area contributed by atoms with Gasteiger partial charge in [-0.2, -0.15) is 0 Å². The van der Waals surface area contributed by atoms with Gasteiger partial charge in [-0.15, -0.1) is 0 Å². The van der Waals surface area contributed by atoms with Gasteiger partial charge in [0, 0.05) is 13.5 Å². The molecule has 0 unspecified atom stereocenters. The Labute approximate surface area is 91.3 Å². The Kier molecular flexibility index (Phi) is 6.81. The van der Waals surface area contributed by atoms with E-state index in [1.54, 1.807) is 13.8 Å². The van der Waals surface area contributed by atoms with E-state index in [2.05, 4.69) is 0 Å². The lowest BCUT2D eigenvalue weighted by molar-refractivity contribution is -0.126. The van der Waals surface area contributed by atoms with Gasteiger partial charge in [-0.3, -0.25) is 18.5 Å². The summed E-state index contributed by atoms with van der Waals surface area (Å²) >= 11 is 0. The van der Waals surface area contributed by atoms with Gasteiger partial charge in [-0.05, 0) is 20.3 Å². The van der Waals surface area contributed by atoms with Gasteiger partial charge in [0.1, 0.15) is 0 Å². The van der Waals surface area contributed by atoms with Crippen molar-refractivity contribution in [3.63, 3.8) is 0 Å². The second-order valence-electron chi connectivity index (χ2n) is 2.97. The maximum absolute atomic E-state index is 12.1. The van der Waals surface area contributed by atoms with Crippen molar-refractivity contribution in [2.75, 3.05) is 20.3 Å². The van der Waals surface area contributed by atoms with Gasteiger partial charge in [0.05, 0.1) is 13.2 Å². The molecule has 90 valence electrons. The van der Waals surface area contributed by atoms with E-state index in [0.29, 0.717) is 12.8 Å². The highest BCUT2D eigenvalue weighted by Crippen LogP contribution is 2.51. The number of hydrogen-bond acceptors (Lipinski definition) is 4. The van der Waals surface area contributed by atoms with E-state index in [9.17, 15) is 9.36 Å². The highest BCUT2D eigenvalue weighted by Gasteiger charge is 2.33. The maximum atomic E-state index is 12.1. The van der Waals surface area contributed by atoms with Crippen LogP contribution in [0, 0.1) is 0 Å². The van der Waals surface area contributed by atoms with Crippen LogP contribution >= 0.6 is 7.75 Å². The average molecular weight is 237 g/mol. The molecule has 6 heteroatoms. The van der Waals surface area contributed by atoms with Gasteiger partial charge in [0.25, 0.3) is 0 Å². The molecular formula is C9H20NO4P. The highest BCUT2D eigenvalue weighted by atomic mass is 31.2. The van der Waals surface area contributed by atoms with Crippen LogP contribution in [0.5, 0.6) is 0 Å². The van der Waals surface area contributed by atoms with Crippen LogP contribution in [0.2, 0.25) is 0 Å². The Morgan fingerprint density at radius 2 is 1.67 bits per heavy atom. The molecule has 0 spiro atoms. The first-order chi connectivity index (χ1) is 7.01. The van der Waals surface area contributed by atoms with Crippen molar-refractivity contribution in [2.24, 2.45) is 0 Å². The van der Waals surface area contributed by atoms with Crippen LogP contribution < -0.4 is 0 Å². The Hall–Kier alpha value is -0.380. The van der Waals surface area contributed by atoms with Crippen LogP contribution in [0.25, 0.3) is 0 Å². The smallest absolute Gasteiger partial charge is 0.292 e. The number of carbonyl (C=O) groups excluding carboxylic acids is 1. The third kappa shape index (κ3) is 4.33. The minimum atomic E-state index is -3.41. The van der Waals surface area contributed by atoms with Gasteiger partial charge in [-0.1, -0.05) is 6.92 Å². The largest absolute Gasteiger partial charge is 0.437 e. The average Bonchev–Trinajstić information content (AvgIpc) is 2.17. The standard InChI is InChI=1S/C9H20NO4P/c1-5-8-9(11)10(4)15(12,13-6-2)14-7-3/h5-8H2,1-4H3. The zero-order valence-electron chi connectivity index (χ0n) is 9.86. The number of hydrogen-bond donors (Lipinski definition) is 0. The van der Waals surface area contributed by atoms with Gasteiger partial charge < -0.3 is 0 Å². The summed E-state index contributed by atoms with van der Waals surface area (Å²) < 4.78 is 23.3. The third-order valence-corrected chi connectivity index (χ3v) is 3.90. The molecule has 0 aromatic heterocycles. The van der Waals surface area contributed by atoms with Crippen molar-refractivity contribution in [1.29, 1.82) is 0 Å². The molecule has 15 heavy (non-hydrogen) atoms. The van der Waals surface area contributed by atoms with Crippen LogP contribution in [0.3, 0.4) is 0 Å². The fraction of sp³-hybridized carbons (Fsp3) is 0.889.